The van der Waals surface area contributed by atoms with Gasteiger partial charge in [0.25, 0.3) is 0 Å². The molecule has 3 rings (SSSR count). The molecule has 0 spiro atoms. The molecule has 0 fully saturated rings. The first-order valence-electron chi connectivity index (χ1n) is 7.90. The zero-order chi connectivity index (χ0) is 19.4. The van der Waals surface area contributed by atoms with E-state index in [4.69, 9.17) is 0 Å². The standard InChI is InChI=1S/C20H13F5N2/c21-16-9-8-14(17(22)11-16)12-26-19-7-3-6-18(27-19)13-4-1-2-5-15(10-13)20(23,24)25/h2-11H,12H2,(H,26,27). The molecule has 1 aliphatic carbocycles. The summed E-state index contributed by atoms with van der Waals surface area (Å²) in [5, 5.41) is 2.88. The van der Waals surface area contributed by atoms with E-state index in [0.717, 1.165) is 24.3 Å². The van der Waals surface area contributed by atoms with Gasteiger partial charge in [-0.3, -0.25) is 0 Å². The van der Waals surface area contributed by atoms with E-state index >= 15 is 0 Å². The Morgan fingerprint density at radius 1 is 1.07 bits per heavy atom. The van der Waals surface area contributed by atoms with Gasteiger partial charge < -0.3 is 5.32 Å². The highest BCUT2D eigenvalue weighted by atomic mass is 19.4. The summed E-state index contributed by atoms with van der Waals surface area (Å²) >= 11 is 0. The summed E-state index contributed by atoms with van der Waals surface area (Å²) in [5.41, 5.74) is 2.62. The predicted molar refractivity (Wildman–Crippen MR) is 92.7 cm³/mol. The van der Waals surface area contributed by atoms with Gasteiger partial charge in [0.05, 0.1) is 11.3 Å². The molecule has 1 heterocycles. The van der Waals surface area contributed by atoms with Gasteiger partial charge >= 0.3 is 6.18 Å². The number of pyridine rings is 1. The normalized spacial score (nSPS) is 13.8. The van der Waals surface area contributed by atoms with Crippen molar-refractivity contribution in [1.82, 2.24) is 4.98 Å². The lowest BCUT2D eigenvalue weighted by atomic mass is 10.1. The monoisotopic (exact) mass is 376 g/mol. The number of anilines is 1. The minimum Gasteiger partial charge on any atom is -0.366 e. The molecular weight excluding hydrogens is 363 g/mol. The summed E-state index contributed by atoms with van der Waals surface area (Å²) in [6, 6.07) is 8.01. The number of rotatable bonds is 4. The van der Waals surface area contributed by atoms with Crippen molar-refractivity contribution in [2.75, 3.05) is 5.32 Å². The predicted octanol–water partition coefficient (Wildman–Crippen LogP) is 5.57. The second kappa shape index (κ2) is 7.60. The molecule has 0 atom stereocenters. The lowest BCUT2D eigenvalue weighted by Gasteiger charge is -2.10. The third-order valence-corrected chi connectivity index (χ3v) is 3.76. The molecule has 0 bridgehead atoms. The highest BCUT2D eigenvalue weighted by Crippen LogP contribution is 2.30. The van der Waals surface area contributed by atoms with E-state index < -0.39 is 23.4 Å². The Bertz CT molecular complexity index is 980. The van der Waals surface area contributed by atoms with Crippen LogP contribution in [-0.4, -0.2) is 11.2 Å². The van der Waals surface area contributed by atoms with E-state index in [1.165, 1.54) is 18.2 Å². The summed E-state index contributed by atoms with van der Waals surface area (Å²) in [7, 11) is 0. The minimum atomic E-state index is -4.49. The fraction of sp³-hybridized carbons (Fsp3) is 0.100. The zero-order valence-corrected chi connectivity index (χ0v) is 13.8. The first-order chi connectivity index (χ1) is 12.8. The Morgan fingerprint density at radius 3 is 2.63 bits per heavy atom. The van der Waals surface area contributed by atoms with Crippen LogP contribution in [0.2, 0.25) is 0 Å². The summed E-state index contributed by atoms with van der Waals surface area (Å²) in [6.45, 7) is 0.0467. The maximum Gasteiger partial charge on any atom is 0.416 e. The molecule has 0 unspecified atom stereocenters. The lowest BCUT2D eigenvalue weighted by Crippen LogP contribution is -2.10. The van der Waals surface area contributed by atoms with E-state index in [9.17, 15) is 22.0 Å². The third kappa shape index (κ3) is 4.71. The quantitative estimate of drug-likeness (QED) is 0.558. The van der Waals surface area contributed by atoms with Crippen molar-refractivity contribution in [1.29, 1.82) is 0 Å². The van der Waals surface area contributed by atoms with E-state index in [0.29, 0.717) is 11.5 Å². The average molecular weight is 376 g/mol. The molecular formula is C20H13F5N2. The molecule has 2 aromatic rings. The molecule has 1 aromatic heterocycles. The van der Waals surface area contributed by atoms with Crippen molar-refractivity contribution in [3.05, 3.63) is 94.9 Å². The van der Waals surface area contributed by atoms with Gasteiger partial charge in [-0.1, -0.05) is 12.1 Å². The Labute approximate surface area is 152 Å². The topological polar surface area (TPSA) is 24.9 Å². The van der Waals surface area contributed by atoms with Gasteiger partial charge in [0.15, 0.2) is 0 Å². The van der Waals surface area contributed by atoms with Crippen molar-refractivity contribution in [3.8, 4) is 0 Å². The molecule has 0 aliphatic heterocycles. The van der Waals surface area contributed by atoms with Crippen LogP contribution in [0.15, 0.2) is 72.0 Å². The molecule has 27 heavy (non-hydrogen) atoms. The minimum absolute atomic E-state index is 0.0467. The smallest absolute Gasteiger partial charge is 0.366 e. The van der Waals surface area contributed by atoms with Crippen LogP contribution < -0.4 is 5.32 Å². The van der Waals surface area contributed by atoms with E-state index in [1.54, 1.807) is 18.2 Å². The van der Waals surface area contributed by atoms with Crippen molar-refractivity contribution in [2.24, 2.45) is 0 Å². The van der Waals surface area contributed by atoms with Crippen LogP contribution in [-0.2, 0) is 6.54 Å². The molecule has 0 amide bonds. The van der Waals surface area contributed by atoms with Crippen molar-refractivity contribution < 1.29 is 22.0 Å². The second-order valence-electron chi connectivity index (χ2n) is 5.69. The van der Waals surface area contributed by atoms with Crippen LogP contribution in [0.5, 0.6) is 0 Å². The first-order valence-corrected chi connectivity index (χ1v) is 7.90. The highest BCUT2D eigenvalue weighted by molar-refractivity contribution is 5.75. The lowest BCUT2D eigenvalue weighted by molar-refractivity contribution is -0.0881. The Kier molecular flexibility index (Phi) is 5.23. The zero-order valence-electron chi connectivity index (χ0n) is 13.8. The average Bonchev–Trinajstić information content (AvgIpc) is 2.87. The maximum atomic E-state index is 13.7. The molecule has 1 N–H and O–H groups in total. The third-order valence-electron chi connectivity index (χ3n) is 3.76. The Morgan fingerprint density at radius 2 is 1.89 bits per heavy atom. The largest absolute Gasteiger partial charge is 0.416 e. The number of nitrogens with zero attached hydrogens (tertiary/aromatic N) is 1. The van der Waals surface area contributed by atoms with Gasteiger partial charge in [0.1, 0.15) is 17.5 Å². The van der Waals surface area contributed by atoms with E-state index in [1.807, 2.05) is 0 Å². The maximum absolute atomic E-state index is 13.7. The second-order valence-corrected chi connectivity index (χ2v) is 5.69. The molecule has 138 valence electrons. The number of benzene rings is 1. The van der Waals surface area contributed by atoms with Gasteiger partial charge in [-0.2, -0.15) is 13.2 Å². The summed E-state index contributed by atoms with van der Waals surface area (Å²) < 4.78 is 65.6. The number of aromatic nitrogens is 1. The molecule has 0 saturated carbocycles. The van der Waals surface area contributed by atoms with E-state index in [-0.39, 0.29) is 17.7 Å². The van der Waals surface area contributed by atoms with Gasteiger partial charge in [0, 0.05) is 23.7 Å². The van der Waals surface area contributed by atoms with Gasteiger partial charge in [-0.15, -0.1) is 5.73 Å². The van der Waals surface area contributed by atoms with Gasteiger partial charge in [0.2, 0.25) is 0 Å². The van der Waals surface area contributed by atoms with Gasteiger partial charge in [-0.05, 0) is 42.5 Å². The molecule has 0 saturated heterocycles. The van der Waals surface area contributed by atoms with Crippen molar-refractivity contribution in [2.45, 2.75) is 12.7 Å². The molecule has 1 aliphatic rings. The molecule has 7 heteroatoms. The highest BCUT2D eigenvalue weighted by Gasteiger charge is 2.32. The SMILES string of the molecule is Fc1ccc(CNc2cccc(C3=CC(C(F)(F)F)=CC=C=C3)n2)c(F)c1. The summed E-state index contributed by atoms with van der Waals surface area (Å²) in [6.07, 6.45) is 0.0233. The fourth-order valence-corrected chi connectivity index (χ4v) is 2.40. The van der Waals surface area contributed by atoms with Crippen LogP contribution in [0.4, 0.5) is 27.8 Å². The Balaban J connectivity index is 1.82. The van der Waals surface area contributed by atoms with Crippen molar-refractivity contribution in [3.63, 3.8) is 0 Å². The van der Waals surface area contributed by atoms with Crippen LogP contribution in [0.1, 0.15) is 11.3 Å². The molecule has 1 aromatic carbocycles. The van der Waals surface area contributed by atoms with Gasteiger partial charge in [-0.25, -0.2) is 13.8 Å². The van der Waals surface area contributed by atoms with Crippen molar-refractivity contribution >= 4 is 11.4 Å². The Hall–Kier alpha value is -3.18. The summed E-state index contributed by atoms with van der Waals surface area (Å²) in [5.74, 6) is -1.03. The van der Waals surface area contributed by atoms with E-state index in [2.05, 4.69) is 16.0 Å². The fourth-order valence-electron chi connectivity index (χ4n) is 2.40. The van der Waals surface area contributed by atoms with Crippen LogP contribution in [0, 0.1) is 11.6 Å². The van der Waals surface area contributed by atoms with Crippen LogP contribution >= 0.6 is 0 Å². The number of nitrogens with one attached hydrogen (secondary N) is 1. The first kappa shape index (κ1) is 18.6. The number of alkyl halides is 3. The van der Waals surface area contributed by atoms with Crippen LogP contribution in [0.3, 0.4) is 0 Å². The molecule has 2 nitrogen and oxygen atoms in total. The van der Waals surface area contributed by atoms with Crippen LogP contribution in [0.25, 0.3) is 5.57 Å². The molecule has 0 radical (unpaired) electrons. The number of allylic oxidation sites excluding steroid dienone is 5. The number of halogens is 5. The summed E-state index contributed by atoms with van der Waals surface area (Å²) in [4.78, 5) is 4.26. The number of hydrogen-bond donors (Lipinski definition) is 1. The number of hydrogen-bond acceptors (Lipinski definition) is 2.